The van der Waals surface area contributed by atoms with Crippen LogP contribution in [-0.2, 0) is 19.1 Å². The van der Waals surface area contributed by atoms with Crippen molar-refractivity contribution >= 4 is 34.2 Å². The molecule has 0 aliphatic heterocycles. The Balaban J connectivity index is 2.55. The maximum atomic E-state index is 13.6. The van der Waals surface area contributed by atoms with Crippen molar-refractivity contribution in [3.8, 4) is 0 Å². The minimum atomic E-state index is -1.14. The highest BCUT2D eigenvalue weighted by atomic mass is 16.5. The number of hydrogen-bond acceptors (Lipinski definition) is 7. The zero-order valence-corrected chi connectivity index (χ0v) is 18.3. The molecule has 160 valence electrons. The zero-order valence-electron chi connectivity index (χ0n) is 18.3. The van der Waals surface area contributed by atoms with Crippen LogP contribution >= 0.6 is 0 Å². The van der Waals surface area contributed by atoms with E-state index in [1.807, 2.05) is 40.7 Å². The second kappa shape index (κ2) is 7.63. The van der Waals surface area contributed by atoms with E-state index in [-0.39, 0.29) is 33.3 Å². The van der Waals surface area contributed by atoms with E-state index >= 15 is 0 Å². The minimum absolute atomic E-state index is 0.0406. The first-order valence-corrected chi connectivity index (χ1v) is 9.79. The van der Waals surface area contributed by atoms with Crippen molar-refractivity contribution < 1.29 is 23.5 Å². The molecule has 3 rings (SSSR count). The first-order valence-electron chi connectivity index (χ1n) is 9.79. The number of ether oxygens (including phenoxy) is 2. The predicted octanol–water partition coefficient (Wildman–Crippen LogP) is 1.54. The summed E-state index contributed by atoms with van der Waals surface area (Å²) >= 11 is 0. The van der Waals surface area contributed by atoms with Gasteiger partial charge in [-0.25, -0.2) is 4.79 Å². The van der Waals surface area contributed by atoms with Gasteiger partial charge in [0, 0.05) is 11.2 Å². The molecule has 0 fully saturated rings. The monoisotopic (exact) mass is 413 g/mol. The molecule has 1 atom stereocenters. The fourth-order valence-electron chi connectivity index (χ4n) is 3.64. The summed E-state index contributed by atoms with van der Waals surface area (Å²) in [6, 6.07) is 5.39. The lowest BCUT2D eigenvalue weighted by Gasteiger charge is -2.26. The van der Waals surface area contributed by atoms with E-state index in [9.17, 15) is 14.4 Å². The number of fused-ring (bicyclic) bond motifs is 2. The molecule has 2 aromatic rings. The largest absolute Gasteiger partial charge is 0.468 e. The van der Waals surface area contributed by atoms with Crippen LogP contribution in [0.2, 0.25) is 0 Å². The average molecular weight is 413 g/mol. The summed E-state index contributed by atoms with van der Waals surface area (Å²) in [4.78, 5) is 38.9. The topological polar surface area (TPSA) is 94.8 Å². The highest BCUT2D eigenvalue weighted by Gasteiger charge is 2.41. The molecule has 1 unspecified atom stereocenters. The van der Waals surface area contributed by atoms with Crippen LogP contribution in [0.25, 0.3) is 22.2 Å². The van der Waals surface area contributed by atoms with E-state index in [0.717, 1.165) is 5.56 Å². The van der Waals surface area contributed by atoms with Crippen LogP contribution in [0, 0.1) is 5.92 Å². The summed E-state index contributed by atoms with van der Waals surface area (Å²) in [7, 11) is 2.45. The molecule has 1 aliphatic carbocycles. The Hall–Kier alpha value is -3.09. The van der Waals surface area contributed by atoms with Crippen LogP contribution in [0.1, 0.15) is 46.1 Å². The van der Waals surface area contributed by atoms with Crippen LogP contribution < -0.4 is 21.4 Å². The molecule has 1 aromatic heterocycles. The van der Waals surface area contributed by atoms with Gasteiger partial charge < -0.3 is 19.2 Å². The van der Waals surface area contributed by atoms with Crippen molar-refractivity contribution in [2.24, 2.45) is 5.92 Å². The number of carbonyl (C=O) groups excluding carboxylic acids is 2. The average Bonchev–Trinajstić information content (AvgIpc) is 2.99. The van der Waals surface area contributed by atoms with Gasteiger partial charge in [0.25, 0.3) is 0 Å². The summed E-state index contributed by atoms with van der Waals surface area (Å²) in [5, 5.41) is 3.77. The maximum absolute atomic E-state index is 13.6. The highest BCUT2D eigenvalue weighted by molar-refractivity contribution is 6.19. The highest BCUT2D eigenvalue weighted by Crippen LogP contribution is 2.27. The van der Waals surface area contributed by atoms with Crippen molar-refractivity contribution in [1.82, 2.24) is 5.32 Å². The van der Waals surface area contributed by atoms with E-state index in [1.165, 1.54) is 14.2 Å². The molecule has 0 bridgehead atoms. The summed E-state index contributed by atoms with van der Waals surface area (Å²) in [5.74, 6) is -2.36. The van der Waals surface area contributed by atoms with Gasteiger partial charge in [0.05, 0.1) is 24.8 Å². The second-order valence-corrected chi connectivity index (χ2v) is 8.70. The van der Waals surface area contributed by atoms with Gasteiger partial charge in [0.2, 0.25) is 5.43 Å². The van der Waals surface area contributed by atoms with Gasteiger partial charge in [0.1, 0.15) is 17.1 Å². The van der Waals surface area contributed by atoms with Gasteiger partial charge in [-0.1, -0.05) is 19.9 Å². The second-order valence-electron chi connectivity index (χ2n) is 8.70. The van der Waals surface area contributed by atoms with Gasteiger partial charge in [-0.15, -0.1) is 0 Å². The van der Waals surface area contributed by atoms with E-state index in [2.05, 4.69) is 5.32 Å². The number of carbonyl (C=O) groups is 2. The number of rotatable bonds is 4. The number of nitrogens with one attached hydrogen (secondary N) is 1. The Morgan fingerprint density at radius 3 is 2.33 bits per heavy atom. The van der Waals surface area contributed by atoms with E-state index in [4.69, 9.17) is 13.9 Å². The van der Waals surface area contributed by atoms with Gasteiger partial charge >= 0.3 is 11.9 Å². The Morgan fingerprint density at radius 2 is 1.80 bits per heavy atom. The van der Waals surface area contributed by atoms with Gasteiger partial charge in [-0.3, -0.25) is 9.59 Å². The molecular formula is C23H27NO6. The summed E-state index contributed by atoms with van der Waals surface area (Å²) in [5.41, 5.74) is 0.802. The molecule has 7 heteroatoms. The molecule has 0 amide bonds. The fourth-order valence-corrected chi connectivity index (χ4v) is 3.64. The molecule has 0 saturated heterocycles. The van der Waals surface area contributed by atoms with Crippen LogP contribution in [0.15, 0.2) is 27.4 Å². The number of hydrogen-bond donors (Lipinski definition) is 1. The standard InChI is InChI=1S/C23H27NO6/c1-11(2)12-8-9-14-13(10-12)19(25)17-18(24-23(3,4)5)15(21(26)28-6)16(20(17)30-14)22(27)29-7/h8-11,15,24H,1-7H3. The number of esters is 2. The molecule has 0 saturated carbocycles. The van der Waals surface area contributed by atoms with E-state index in [1.54, 1.807) is 12.1 Å². The Bertz CT molecular complexity index is 1210. The SMILES string of the molecule is COC(=O)C1=c2oc3ccc(C(C)C)cc3c(=O)c2=C(NC(C)(C)C)C1C(=O)OC. The molecule has 1 aliphatic rings. The summed E-state index contributed by atoms with van der Waals surface area (Å²) in [6.07, 6.45) is 0. The van der Waals surface area contributed by atoms with Crippen molar-refractivity contribution in [2.75, 3.05) is 14.2 Å². The molecule has 1 N–H and O–H groups in total. The van der Waals surface area contributed by atoms with Crippen molar-refractivity contribution in [2.45, 2.75) is 46.1 Å². The molecule has 1 aromatic carbocycles. The molecule has 7 nitrogen and oxygen atoms in total. The molecular weight excluding hydrogens is 386 g/mol. The third-order valence-corrected chi connectivity index (χ3v) is 5.02. The lowest BCUT2D eigenvalue weighted by molar-refractivity contribution is -0.144. The third kappa shape index (κ3) is 3.60. The molecule has 0 radical (unpaired) electrons. The smallest absolute Gasteiger partial charge is 0.338 e. The Morgan fingerprint density at radius 1 is 1.13 bits per heavy atom. The Labute approximate surface area is 174 Å². The normalized spacial score (nSPS) is 16.1. The first kappa shape index (κ1) is 21.6. The summed E-state index contributed by atoms with van der Waals surface area (Å²) < 4.78 is 15.9. The Kier molecular flexibility index (Phi) is 5.50. The lowest BCUT2D eigenvalue weighted by atomic mass is 9.97. The predicted molar refractivity (Wildman–Crippen MR) is 113 cm³/mol. The maximum Gasteiger partial charge on any atom is 0.338 e. The lowest BCUT2D eigenvalue weighted by Crippen LogP contribution is -2.45. The number of methoxy groups -OCH3 is 2. The van der Waals surface area contributed by atoms with Crippen LogP contribution in [0.3, 0.4) is 0 Å². The van der Waals surface area contributed by atoms with Crippen LogP contribution in [0.5, 0.6) is 0 Å². The van der Waals surface area contributed by atoms with Gasteiger partial charge in [0.15, 0.2) is 5.42 Å². The molecule has 1 heterocycles. The molecule has 0 spiro atoms. The number of benzene rings is 1. The van der Waals surface area contributed by atoms with E-state index in [0.29, 0.717) is 11.0 Å². The summed E-state index contributed by atoms with van der Waals surface area (Å²) in [6.45, 7) is 9.74. The third-order valence-electron chi connectivity index (χ3n) is 5.02. The van der Waals surface area contributed by atoms with Crippen LogP contribution in [0.4, 0.5) is 0 Å². The van der Waals surface area contributed by atoms with Crippen LogP contribution in [-0.4, -0.2) is 31.7 Å². The van der Waals surface area contributed by atoms with Crippen molar-refractivity contribution in [1.29, 1.82) is 0 Å². The fraction of sp³-hybridized carbons (Fsp3) is 0.435. The molecule has 30 heavy (non-hydrogen) atoms. The van der Waals surface area contributed by atoms with Gasteiger partial charge in [-0.2, -0.15) is 0 Å². The van der Waals surface area contributed by atoms with Gasteiger partial charge in [-0.05, 0) is 44.4 Å². The quantitative estimate of drug-likeness (QED) is 0.760. The van der Waals surface area contributed by atoms with Crippen molar-refractivity contribution in [3.63, 3.8) is 0 Å². The van der Waals surface area contributed by atoms with Crippen molar-refractivity contribution in [3.05, 3.63) is 44.6 Å². The first-order chi connectivity index (χ1) is 14.0. The zero-order chi connectivity index (χ0) is 22.4. The van der Waals surface area contributed by atoms with E-state index < -0.39 is 23.4 Å². The minimum Gasteiger partial charge on any atom is -0.468 e.